The van der Waals surface area contributed by atoms with E-state index in [9.17, 15) is 12.8 Å². The summed E-state index contributed by atoms with van der Waals surface area (Å²) in [7, 11) is -3.37. The number of nitrogens with zero attached hydrogens (tertiary/aromatic N) is 2. The molecule has 0 amide bonds. The van der Waals surface area contributed by atoms with E-state index in [0.29, 0.717) is 42.5 Å². The maximum atomic E-state index is 13.7. The van der Waals surface area contributed by atoms with Crippen molar-refractivity contribution in [1.29, 1.82) is 0 Å². The molecule has 2 aromatic rings. The molecule has 1 fully saturated rings. The molecule has 1 aromatic carbocycles. The molecule has 0 N–H and O–H groups in total. The van der Waals surface area contributed by atoms with E-state index in [1.807, 2.05) is 6.07 Å². The van der Waals surface area contributed by atoms with E-state index in [1.54, 1.807) is 29.6 Å². The first-order valence-corrected chi connectivity index (χ1v) is 9.39. The number of hydrogen-bond donors (Lipinski definition) is 0. The van der Waals surface area contributed by atoms with E-state index in [-0.39, 0.29) is 5.82 Å². The monoisotopic (exact) mass is 340 g/mol. The predicted octanol–water partition coefficient (Wildman–Crippen LogP) is 2.39. The molecule has 0 aliphatic carbocycles. The Morgan fingerprint density at radius 2 is 1.77 bits per heavy atom. The third kappa shape index (κ3) is 3.22. The van der Waals surface area contributed by atoms with Gasteiger partial charge in [0.25, 0.3) is 10.0 Å². The minimum Gasteiger partial charge on any atom is -0.296 e. The Bertz CT molecular complexity index is 724. The van der Waals surface area contributed by atoms with Crippen molar-refractivity contribution in [2.24, 2.45) is 0 Å². The zero-order valence-electron chi connectivity index (χ0n) is 12.0. The summed E-state index contributed by atoms with van der Waals surface area (Å²) in [4.78, 5) is 2.08. The van der Waals surface area contributed by atoms with Crippen molar-refractivity contribution in [2.45, 2.75) is 10.8 Å². The Morgan fingerprint density at radius 1 is 1.05 bits per heavy atom. The summed E-state index contributed by atoms with van der Waals surface area (Å²) in [5.41, 5.74) is 0.650. The number of thiophene rings is 1. The summed E-state index contributed by atoms with van der Waals surface area (Å²) in [5.74, 6) is -0.212. The van der Waals surface area contributed by atoms with Crippen LogP contribution >= 0.6 is 11.3 Å². The highest BCUT2D eigenvalue weighted by atomic mass is 32.2. The van der Waals surface area contributed by atoms with Crippen molar-refractivity contribution >= 4 is 21.4 Å². The van der Waals surface area contributed by atoms with Gasteiger partial charge in [0.05, 0.1) is 0 Å². The second-order valence-electron chi connectivity index (χ2n) is 5.20. The zero-order valence-corrected chi connectivity index (χ0v) is 13.6. The fraction of sp³-hybridized carbons (Fsp3) is 0.333. The number of benzene rings is 1. The van der Waals surface area contributed by atoms with E-state index in [4.69, 9.17) is 0 Å². The van der Waals surface area contributed by atoms with E-state index >= 15 is 0 Å². The van der Waals surface area contributed by atoms with Crippen LogP contribution in [0.5, 0.6) is 0 Å². The third-order valence-corrected chi connectivity index (χ3v) is 7.04. The average Bonchev–Trinajstić information content (AvgIpc) is 3.05. The molecule has 0 radical (unpaired) electrons. The highest BCUT2D eigenvalue weighted by Crippen LogP contribution is 2.22. The van der Waals surface area contributed by atoms with Gasteiger partial charge in [0.15, 0.2) is 0 Å². The molecule has 0 bridgehead atoms. The lowest BCUT2D eigenvalue weighted by Crippen LogP contribution is -2.48. The van der Waals surface area contributed by atoms with Gasteiger partial charge in [0.2, 0.25) is 0 Å². The topological polar surface area (TPSA) is 40.6 Å². The van der Waals surface area contributed by atoms with Gasteiger partial charge in [-0.25, -0.2) is 12.8 Å². The molecule has 2 heterocycles. The highest BCUT2D eigenvalue weighted by molar-refractivity contribution is 7.91. The number of halogens is 1. The lowest BCUT2D eigenvalue weighted by Gasteiger charge is -2.33. The molecule has 0 unspecified atom stereocenters. The van der Waals surface area contributed by atoms with Crippen LogP contribution in [0.2, 0.25) is 0 Å². The van der Waals surface area contributed by atoms with Crippen LogP contribution in [0.15, 0.2) is 46.0 Å². The predicted molar refractivity (Wildman–Crippen MR) is 84.8 cm³/mol. The van der Waals surface area contributed by atoms with Crippen LogP contribution in [-0.2, 0) is 16.6 Å². The molecule has 118 valence electrons. The SMILES string of the molecule is O=S(=O)(c1cccs1)N1CCN(Cc2ccccc2F)CC1. The second kappa shape index (κ2) is 6.45. The molecule has 1 aliphatic rings. The third-order valence-electron chi connectivity index (χ3n) is 3.77. The first-order valence-electron chi connectivity index (χ1n) is 7.07. The fourth-order valence-electron chi connectivity index (χ4n) is 2.53. The van der Waals surface area contributed by atoms with E-state index < -0.39 is 10.0 Å². The summed E-state index contributed by atoms with van der Waals surface area (Å²) in [6.45, 7) is 2.61. The van der Waals surface area contributed by atoms with Crippen LogP contribution in [0.4, 0.5) is 4.39 Å². The summed E-state index contributed by atoms with van der Waals surface area (Å²) in [5, 5.41) is 1.77. The van der Waals surface area contributed by atoms with Crippen LogP contribution in [0, 0.1) is 5.82 Å². The van der Waals surface area contributed by atoms with Crippen LogP contribution in [0.25, 0.3) is 0 Å². The van der Waals surface area contributed by atoms with Crippen molar-refractivity contribution < 1.29 is 12.8 Å². The summed E-state index contributed by atoms with van der Waals surface area (Å²) in [6, 6.07) is 10.1. The largest absolute Gasteiger partial charge is 0.296 e. The molecule has 1 aromatic heterocycles. The van der Waals surface area contributed by atoms with Crippen molar-refractivity contribution in [2.75, 3.05) is 26.2 Å². The minimum absolute atomic E-state index is 0.212. The zero-order chi connectivity index (χ0) is 15.6. The molecule has 0 spiro atoms. The lowest BCUT2D eigenvalue weighted by atomic mass is 10.2. The number of hydrogen-bond acceptors (Lipinski definition) is 4. The van der Waals surface area contributed by atoms with Gasteiger partial charge in [-0.15, -0.1) is 11.3 Å². The Kier molecular flexibility index (Phi) is 4.58. The van der Waals surface area contributed by atoms with Crippen LogP contribution < -0.4 is 0 Å². The number of rotatable bonds is 4. The first kappa shape index (κ1) is 15.6. The van der Waals surface area contributed by atoms with Crippen LogP contribution in [-0.4, -0.2) is 43.8 Å². The molecule has 1 saturated heterocycles. The molecule has 22 heavy (non-hydrogen) atoms. The van der Waals surface area contributed by atoms with Crippen molar-refractivity contribution in [3.05, 3.63) is 53.2 Å². The average molecular weight is 340 g/mol. The van der Waals surface area contributed by atoms with Crippen molar-refractivity contribution in [3.8, 4) is 0 Å². The summed E-state index contributed by atoms with van der Waals surface area (Å²) in [6.07, 6.45) is 0. The smallest absolute Gasteiger partial charge is 0.252 e. The van der Waals surface area contributed by atoms with Crippen LogP contribution in [0.3, 0.4) is 0 Å². The van der Waals surface area contributed by atoms with Gasteiger partial charge in [0.1, 0.15) is 10.0 Å². The standard InChI is InChI=1S/C15H17FN2O2S2/c16-14-5-2-1-4-13(14)12-17-7-9-18(10-8-17)22(19,20)15-6-3-11-21-15/h1-6,11H,7-10,12H2. The van der Waals surface area contributed by atoms with E-state index in [1.165, 1.54) is 21.7 Å². The first-order chi connectivity index (χ1) is 10.6. The quantitative estimate of drug-likeness (QED) is 0.858. The Hall–Kier alpha value is -1.28. The Morgan fingerprint density at radius 3 is 2.41 bits per heavy atom. The van der Waals surface area contributed by atoms with E-state index in [0.717, 1.165) is 0 Å². The molecule has 4 nitrogen and oxygen atoms in total. The van der Waals surface area contributed by atoms with Crippen molar-refractivity contribution in [3.63, 3.8) is 0 Å². The maximum absolute atomic E-state index is 13.7. The van der Waals surface area contributed by atoms with Gasteiger partial charge in [-0.2, -0.15) is 4.31 Å². The van der Waals surface area contributed by atoms with Gasteiger partial charge in [0, 0.05) is 38.3 Å². The van der Waals surface area contributed by atoms with Crippen molar-refractivity contribution in [1.82, 2.24) is 9.21 Å². The molecular weight excluding hydrogens is 323 g/mol. The van der Waals surface area contributed by atoms with Gasteiger partial charge < -0.3 is 0 Å². The summed E-state index contributed by atoms with van der Waals surface area (Å²) >= 11 is 1.24. The number of piperazine rings is 1. The van der Waals surface area contributed by atoms with Gasteiger partial charge in [-0.1, -0.05) is 24.3 Å². The van der Waals surface area contributed by atoms with E-state index in [2.05, 4.69) is 4.90 Å². The Balaban J connectivity index is 1.62. The Labute approximate surface area is 133 Å². The molecular formula is C15H17FN2O2S2. The summed E-state index contributed by atoms with van der Waals surface area (Å²) < 4.78 is 40.4. The van der Waals surface area contributed by atoms with Crippen LogP contribution in [0.1, 0.15) is 5.56 Å². The molecule has 0 saturated carbocycles. The molecule has 3 rings (SSSR count). The minimum atomic E-state index is -3.37. The number of sulfonamides is 1. The molecule has 0 atom stereocenters. The van der Waals surface area contributed by atoms with Gasteiger partial charge in [-0.05, 0) is 17.5 Å². The highest BCUT2D eigenvalue weighted by Gasteiger charge is 2.29. The van der Waals surface area contributed by atoms with Gasteiger partial charge >= 0.3 is 0 Å². The second-order valence-corrected chi connectivity index (χ2v) is 8.32. The lowest BCUT2D eigenvalue weighted by molar-refractivity contribution is 0.180. The normalized spacial score (nSPS) is 17.7. The maximum Gasteiger partial charge on any atom is 0.252 e. The van der Waals surface area contributed by atoms with Gasteiger partial charge in [-0.3, -0.25) is 4.90 Å². The fourth-order valence-corrected chi connectivity index (χ4v) is 5.10. The molecule has 7 heteroatoms. The molecule has 1 aliphatic heterocycles.